The molecule has 98 valence electrons. The minimum absolute atomic E-state index is 0.138. The maximum Gasteiger partial charge on any atom is 0.236 e. The average Bonchev–Trinajstić information content (AvgIpc) is 2.24. The molecule has 0 saturated carbocycles. The fourth-order valence-electron chi connectivity index (χ4n) is 1.64. The summed E-state index contributed by atoms with van der Waals surface area (Å²) in [6.07, 6.45) is 0. The molecule has 6 heteroatoms. The largest absolute Gasteiger partial charge is 0.354 e. The van der Waals surface area contributed by atoms with Gasteiger partial charge in [0.15, 0.2) is 0 Å². The first-order chi connectivity index (χ1) is 7.99. The van der Waals surface area contributed by atoms with Crippen molar-refractivity contribution in [3.05, 3.63) is 0 Å². The molecule has 17 heavy (non-hydrogen) atoms. The topological polar surface area (TPSA) is 55.9 Å². The fourth-order valence-corrected chi connectivity index (χ4v) is 1.64. The third-order valence-corrected chi connectivity index (χ3v) is 2.88. The van der Waals surface area contributed by atoms with Gasteiger partial charge < -0.3 is 10.2 Å². The number of nitrogens with one attached hydrogen (secondary N) is 1. The molecule has 0 radical (unpaired) electrons. The molecule has 0 spiro atoms. The van der Waals surface area contributed by atoms with Crippen LogP contribution in [0.2, 0.25) is 0 Å². The smallest absolute Gasteiger partial charge is 0.236 e. The molecular weight excluding hydrogens is 220 g/mol. The third kappa shape index (κ3) is 5.14. The standard InChI is InChI=1S/C6H12N2O.C5H10N2O/c1-7-3-4-8(2)6(9)5-7;1-7-3-2-6-5(8)4-7/h3-5H2,1-2H3;2-4H2,1H3,(H,6,8). The van der Waals surface area contributed by atoms with Gasteiger partial charge in [-0.2, -0.15) is 0 Å². The van der Waals surface area contributed by atoms with Crippen molar-refractivity contribution >= 4 is 11.8 Å². The van der Waals surface area contributed by atoms with Crippen LogP contribution in [0.4, 0.5) is 0 Å². The van der Waals surface area contributed by atoms with E-state index in [1.807, 2.05) is 30.9 Å². The van der Waals surface area contributed by atoms with Crippen molar-refractivity contribution in [2.75, 3.05) is 60.4 Å². The SMILES string of the molecule is CN1CCN(C)C(=O)C1.CN1CCNC(=O)C1. The second-order valence-electron chi connectivity index (χ2n) is 4.64. The Balaban J connectivity index is 0.000000171. The maximum absolute atomic E-state index is 10.9. The highest BCUT2D eigenvalue weighted by Crippen LogP contribution is 1.95. The monoisotopic (exact) mass is 242 g/mol. The quantitative estimate of drug-likeness (QED) is 0.558. The fraction of sp³-hybridized carbons (Fsp3) is 0.818. The second-order valence-corrected chi connectivity index (χ2v) is 4.64. The van der Waals surface area contributed by atoms with E-state index in [2.05, 4.69) is 5.32 Å². The summed E-state index contributed by atoms with van der Waals surface area (Å²) < 4.78 is 0. The molecule has 2 aliphatic rings. The first-order valence-electron chi connectivity index (χ1n) is 5.87. The zero-order chi connectivity index (χ0) is 12.8. The van der Waals surface area contributed by atoms with Crippen molar-refractivity contribution < 1.29 is 9.59 Å². The van der Waals surface area contributed by atoms with Gasteiger partial charge in [0.1, 0.15) is 0 Å². The Kier molecular flexibility index (Phi) is 5.37. The van der Waals surface area contributed by atoms with Gasteiger partial charge in [-0.1, -0.05) is 0 Å². The van der Waals surface area contributed by atoms with E-state index in [4.69, 9.17) is 0 Å². The number of likely N-dealkylation sites (N-methyl/N-ethyl adjacent to an activating group) is 3. The Hall–Kier alpha value is -1.14. The Morgan fingerprint density at radius 3 is 2.00 bits per heavy atom. The van der Waals surface area contributed by atoms with Gasteiger partial charge in [-0.3, -0.25) is 19.4 Å². The van der Waals surface area contributed by atoms with Gasteiger partial charge >= 0.3 is 0 Å². The van der Waals surface area contributed by atoms with Gasteiger partial charge in [-0.15, -0.1) is 0 Å². The molecule has 0 unspecified atom stereocenters. The molecule has 0 aliphatic carbocycles. The zero-order valence-electron chi connectivity index (χ0n) is 10.9. The van der Waals surface area contributed by atoms with Crippen LogP contribution in [0.5, 0.6) is 0 Å². The predicted molar refractivity (Wildman–Crippen MR) is 65.6 cm³/mol. The van der Waals surface area contributed by atoms with Gasteiger partial charge in [0.25, 0.3) is 0 Å². The zero-order valence-corrected chi connectivity index (χ0v) is 10.9. The molecule has 1 N–H and O–H groups in total. The van der Waals surface area contributed by atoms with E-state index in [1.165, 1.54) is 0 Å². The third-order valence-electron chi connectivity index (χ3n) is 2.88. The summed E-state index contributed by atoms with van der Waals surface area (Å²) in [6, 6.07) is 0. The first-order valence-corrected chi connectivity index (χ1v) is 5.87. The Labute approximate surface area is 103 Å². The molecule has 0 aromatic heterocycles. The van der Waals surface area contributed by atoms with Crippen LogP contribution in [0.15, 0.2) is 0 Å². The summed E-state index contributed by atoms with van der Waals surface area (Å²) >= 11 is 0. The van der Waals surface area contributed by atoms with Gasteiger partial charge in [0.05, 0.1) is 13.1 Å². The summed E-state index contributed by atoms with van der Waals surface area (Å²) in [5.74, 6) is 0.363. The summed E-state index contributed by atoms with van der Waals surface area (Å²) in [4.78, 5) is 27.2. The van der Waals surface area contributed by atoms with E-state index in [0.717, 1.165) is 26.2 Å². The number of nitrogens with zero attached hydrogens (tertiary/aromatic N) is 3. The highest BCUT2D eigenvalue weighted by Gasteiger charge is 2.16. The van der Waals surface area contributed by atoms with Gasteiger partial charge in [-0.05, 0) is 14.1 Å². The van der Waals surface area contributed by atoms with E-state index in [-0.39, 0.29) is 11.8 Å². The summed E-state index contributed by atoms with van der Waals surface area (Å²) in [5.41, 5.74) is 0. The molecule has 2 aliphatic heterocycles. The maximum atomic E-state index is 10.9. The number of carbonyl (C=O) groups is 2. The Morgan fingerprint density at radius 2 is 1.59 bits per heavy atom. The lowest BCUT2D eigenvalue weighted by Crippen LogP contribution is -2.46. The van der Waals surface area contributed by atoms with Crippen LogP contribution < -0.4 is 5.32 Å². The molecule has 2 saturated heterocycles. The van der Waals surface area contributed by atoms with Crippen LogP contribution in [0.25, 0.3) is 0 Å². The second kappa shape index (κ2) is 6.56. The van der Waals surface area contributed by atoms with Crippen molar-refractivity contribution in [1.82, 2.24) is 20.0 Å². The van der Waals surface area contributed by atoms with Gasteiger partial charge in [0.2, 0.25) is 11.8 Å². The van der Waals surface area contributed by atoms with Crippen LogP contribution in [-0.4, -0.2) is 86.9 Å². The number of hydrogen-bond donors (Lipinski definition) is 1. The Morgan fingerprint density at radius 1 is 0.941 bits per heavy atom. The van der Waals surface area contributed by atoms with Crippen LogP contribution >= 0.6 is 0 Å². The van der Waals surface area contributed by atoms with Crippen LogP contribution in [0, 0.1) is 0 Å². The predicted octanol–water partition coefficient (Wildman–Crippen LogP) is -1.56. The first kappa shape index (κ1) is 13.9. The lowest BCUT2D eigenvalue weighted by Gasteiger charge is -2.28. The van der Waals surface area contributed by atoms with Gasteiger partial charge in [-0.25, -0.2) is 0 Å². The van der Waals surface area contributed by atoms with E-state index >= 15 is 0 Å². The minimum Gasteiger partial charge on any atom is -0.354 e. The number of carbonyl (C=O) groups excluding carboxylic acids is 2. The van der Waals surface area contributed by atoms with Crippen molar-refractivity contribution in [2.45, 2.75) is 0 Å². The molecule has 2 fully saturated rings. The van der Waals surface area contributed by atoms with E-state index in [1.54, 1.807) is 4.90 Å². The molecule has 2 amide bonds. The summed E-state index contributed by atoms with van der Waals surface area (Å²) in [7, 11) is 5.75. The molecule has 0 aromatic carbocycles. The molecule has 0 aromatic rings. The van der Waals surface area contributed by atoms with E-state index < -0.39 is 0 Å². The van der Waals surface area contributed by atoms with E-state index in [0.29, 0.717) is 13.1 Å². The van der Waals surface area contributed by atoms with Crippen molar-refractivity contribution in [1.29, 1.82) is 0 Å². The highest BCUT2D eigenvalue weighted by molar-refractivity contribution is 5.78. The highest BCUT2D eigenvalue weighted by atomic mass is 16.2. The number of piperazine rings is 2. The molecule has 2 rings (SSSR count). The number of rotatable bonds is 0. The van der Waals surface area contributed by atoms with Crippen molar-refractivity contribution in [3.8, 4) is 0 Å². The minimum atomic E-state index is 0.138. The molecular formula is C11H22N4O2. The Bertz CT molecular complexity index is 283. The van der Waals surface area contributed by atoms with Crippen LogP contribution in [-0.2, 0) is 9.59 Å². The summed E-state index contributed by atoms with van der Waals surface area (Å²) in [6.45, 7) is 4.79. The van der Waals surface area contributed by atoms with Gasteiger partial charge in [0, 0.05) is 33.2 Å². The molecule has 0 atom stereocenters. The molecule has 0 bridgehead atoms. The normalized spacial score (nSPS) is 22.9. The summed E-state index contributed by atoms with van der Waals surface area (Å²) in [5, 5.41) is 2.73. The van der Waals surface area contributed by atoms with Crippen LogP contribution in [0.3, 0.4) is 0 Å². The number of hydrogen-bond acceptors (Lipinski definition) is 4. The number of amides is 2. The average molecular weight is 242 g/mol. The van der Waals surface area contributed by atoms with Crippen molar-refractivity contribution in [2.24, 2.45) is 0 Å². The van der Waals surface area contributed by atoms with E-state index in [9.17, 15) is 9.59 Å². The van der Waals surface area contributed by atoms with Crippen molar-refractivity contribution in [3.63, 3.8) is 0 Å². The molecule has 2 heterocycles. The molecule has 6 nitrogen and oxygen atoms in total. The lowest BCUT2D eigenvalue weighted by atomic mass is 10.3. The lowest BCUT2D eigenvalue weighted by molar-refractivity contribution is -0.133. The van der Waals surface area contributed by atoms with Crippen LogP contribution in [0.1, 0.15) is 0 Å².